The van der Waals surface area contributed by atoms with Gasteiger partial charge in [0.05, 0.1) is 0 Å². The second kappa shape index (κ2) is 2.09. The molecule has 0 spiro atoms. The van der Waals surface area contributed by atoms with Crippen molar-refractivity contribution in [2.24, 2.45) is 11.7 Å². The average Bonchev–Trinajstić information content (AvgIpc) is 2.40. The summed E-state index contributed by atoms with van der Waals surface area (Å²) in [5, 5.41) is 8.20. The number of carboxylic acids is 1. The molecule has 0 amide bonds. The lowest BCUT2D eigenvalue weighted by Gasteiger charge is -1.91. The van der Waals surface area contributed by atoms with Crippen LogP contribution < -0.4 is 5.73 Å². The fourth-order valence-corrected chi connectivity index (χ4v) is 0.677. The maximum atomic E-state index is 9.99. The maximum absolute atomic E-state index is 9.99. The Balaban J connectivity index is 2.47. The second-order valence-electron chi connectivity index (χ2n) is 2.26. The van der Waals surface area contributed by atoms with Gasteiger partial charge in [0.1, 0.15) is 0 Å². The highest BCUT2D eigenvalue weighted by atomic mass is 16.4. The highest BCUT2D eigenvalue weighted by Crippen LogP contribution is 2.33. The van der Waals surface area contributed by atoms with Gasteiger partial charge in [-0.15, -0.1) is 0 Å². The second-order valence-corrected chi connectivity index (χ2v) is 2.26. The molecular formula is C6H9NO2. The molecule has 0 aliphatic heterocycles. The van der Waals surface area contributed by atoms with Crippen molar-refractivity contribution in [3.05, 3.63) is 11.8 Å². The number of nitrogens with two attached hydrogens (primary N) is 1. The molecule has 0 aromatic rings. The van der Waals surface area contributed by atoms with Crippen LogP contribution in [0.1, 0.15) is 12.8 Å². The molecule has 0 radical (unpaired) electrons. The normalized spacial score (nSPS) is 19.8. The summed E-state index contributed by atoms with van der Waals surface area (Å²) >= 11 is 0. The van der Waals surface area contributed by atoms with Gasteiger partial charge in [-0.3, -0.25) is 0 Å². The Hall–Kier alpha value is -0.990. The Labute approximate surface area is 53.2 Å². The molecule has 3 nitrogen and oxygen atoms in total. The van der Waals surface area contributed by atoms with Crippen molar-refractivity contribution in [1.82, 2.24) is 0 Å². The van der Waals surface area contributed by atoms with Crippen molar-refractivity contribution in [1.29, 1.82) is 0 Å². The van der Waals surface area contributed by atoms with Crippen LogP contribution >= 0.6 is 0 Å². The number of allylic oxidation sites excluding steroid dienone is 1. The van der Waals surface area contributed by atoms with E-state index in [-0.39, 0.29) is 0 Å². The summed E-state index contributed by atoms with van der Waals surface area (Å²) in [6.45, 7) is 0. The molecule has 0 bridgehead atoms. The van der Waals surface area contributed by atoms with E-state index in [0.29, 0.717) is 11.6 Å². The molecule has 1 rings (SSSR count). The molecule has 0 aromatic heterocycles. The van der Waals surface area contributed by atoms with Crippen LogP contribution in [0, 0.1) is 5.92 Å². The standard InChI is InChI=1S/C6H9NO2/c7-5(3-6(8)9)4-1-2-4/h3-4H,1-2,7H2,(H,8,9). The van der Waals surface area contributed by atoms with Gasteiger partial charge in [-0.1, -0.05) is 0 Å². The largest absolute Gasteiger partial charge is 0.478 e. The van der Waals surface area contributed by atoms with Crippen LogP contribution in [0.5, 0.6) is 0 Å². The van der Waals surface area contributed by atoms with Crippen LogP contribution in [-0.4, -0.2) is 11.1 Å². The minimum absolute atomic E-state index is 0.362. The number of carboxylic acid groups (broad SMARTS) is 1. The molecule has 9 heavy (non-hydrogen) atoms. The quantitative estimate of drug-likeness (QED) is 0.525. The first-order valence-electron chi connectivity index (χ1n) is 2.90. The summed E-state index contributed by atoms with van der Waals surface area (Å²) in [6.07, 6.45) is 3.18. The first-order chi connectivity index (χ1) is 4.20. The lowest BCUT2D eigenvalue weighted by molar-refractivity contribution is -0.131. The number of hydrogen-bond donors (Lipinski definition) is 2. The first kappa shape index (κ1) is 6.13. The Kier molecular flexibility index (Phi) is 1.42. The van der Waals surface area contributed by atoms with E-state index in [0.717, 1.165) is 18.9 Å². The predicted octanol–water partition coefficient (Wildman–Crippen LogP) is 0.324. The Morgan fingerprint density at radius 3 is 2.56 bits per heavy atom. The highest BCUT2D eigenvalue weighted by Gasteiger charge is 2.24. The summed E-state index contributed by atoms with van der Waals surface area (Å²) in [7, 11) is 0. The van der Waals surface area contributed by atoms with Crippen LogP contribution in [0.2, 0.25) is 0 Å². The molecule has 1 aliphatic carbocycles. The summed E-state index contributed by atoms with van der Waals surface area (Å²) in [6, 6.07) is 0. The van der Waals surface area contributed by atoms with Gasteiger partial charge in [0.25, 0.3) is 0 Å². The minimum Gasteiger partial charge on any atom is -0.478 e. The zero-order valence-corrected chi connectivity index (χ0v) is 5.00. The molecule has 0 heterocycles. The SMILES string of the molecule is NC(=CC(=O)O)C1CC1. The van der Waals surface area contributed by atoms with Gasteiger partial charge in [0, 0.05) is 11.8 Å². The average molecular weight is 127 g/mol. The van der Waals surface area contributed by atoms with E-state index in [2.05, 4.69) is 0 Å². The van der Waals surface area contributed by atoms with Crippen LogP contribution in [0.3, 0.4) is 0 Å². The monoisotopic (exact) mass is 127 g/mol. The molecule has 0 saturated heterocycles. The fourth-order valence-electron chi connectivity index (χ4n) is 0.677. The minimum atomic E-state index is -0.945. The molecule has 0 aromatic carbocycles. The molecule has 0 unspecified atom stereocenters. The number of rotatable bonds is 2. The highest BCUT2D eigenvalue weighted by molar-refractivity contribution is 5.80. The van der Waals surface area contributed by atoms with Crippen molar-refractivity contribution in [3.63, 3.8) is 0 Å². The van der Waals surface area contributed by atoms with Crippen LogP contribution in [0.25, 0.3) is 0 Å². The Morgan fingerprint density at radius 2 is 2.22 bits per heavy atom. The Bertz CT molecular complexity index is 158. The first-order valence-corrected chi connectivity index (χ1v) is 2.90. The Morgan fingerprint density at radius 1 is 1.67 bits per heavy atom. The van der Waals surface area contributed by atoms with Gasteiger partial charge in [0.15, 0.2) is 0 Å². The third-order valence-corrected chi connectivity index (χ3v) is 1.34. The van der Waals surface area contributed by atoms with Gasteiger partial charge in [-0.05, 0) is 18.8 Å². The number of aliphatic carboxylic acids is 1. The van der Waals surface area contributed by atoms with Crippen molar-refractivity contribution in [3.8, 4) is 0 Å². The third-order valence-electron chi connectivity index (χ3n) is 1.34. The van der Waals surface area contributed by atoms with Gasteiger partial charge in [-0.2, -0.15) is 0 Å². The molecular weight excluding hydrogens is 118 g/mol. The zero-order valence-electron chi connectivity index (χ0n) is 5.00. The third kappa shape index (κ3) is 1.76. The summed E-state index contributed by atoms with van der Waals surface area (Å²) in [4.78, 5) is 9.99. The van der Waals surface area contributed by atoms with Gasteiger partial charge < -0.3 is 10.8 Å². The smallest absolute Gasteiger partial charge is 0.330 e. The van der Waals surface area contributed by atoms with E-state index in [1.807, 2.05) is 0 Å². The molecule has 1 fully saturated rings. The van der Waals surface area contributed by atoms with E-state index in [1.165, 1.54) is 0 Å². The lowest BCUT2D eigenvalue weighted by Crippen LogP contribution is -2.02. The van der Waals surface area contributed by atoms with E-state index >= 15 is 0 Å². The molecule has 1 saturated carbocycles. The van der Waals surface area contributed by atoms with Crippen molar-refractivity contribution in [2.45, 2.75) is 12.8 Å². The molecule has 50 valence electrons. The molecule has 1 aliphatic rings. The maximum Gasteiger partial charge on any atom is 0.330 e. The van der Waals surface area contributed by atoms with Gasteiger partial charge in [-0.25, -0.2) is 4.79 Å². The van der Waals surface area contributed by atoms with E-state index in [4.69, 9.17) is 10.8 Å². The van der Waals surface area contributed by atoms with E-state index in [9.17, 15) is 4.79 Å². The topological polar surface area (TPSA) is 63.3 Å². The van der Waals surface area contributed by atoms with E-state index in [1.54, 1.807) is 0 Å². The van der Waals surface area contributed by atoms with Crippen LogP contribution in [-0.2, 0) is 4.79 Å². The van der Waals surface area contributed by atoms with Crippen LogP contribution in [0.15, 0.2) is 11.8 Å². The van der Waals surface area contributed by atoms with E-state index < -0.39 is 5.97 Å². The van der Waals surface area contributed by atoms with Gasteiger partial charge >= 0.3 is 5.97 Å². The fraction of sp³-hybridized carbons (Fsp3) is 0.500. The molecule has 3 N–H and O–H groups in total. The molecule has 0 atom stereocenters. The number of carbonyl (C=O) groups is 1. The number of hydrogen-bond acceptors (Lipinski definition) is 2. The lowest BCUT2D eigenvalue weighted by atomic mass is 10.3. The van der Waals surface area contributed by atoms with Crippen molar-refractivity contribution >= 4 is 5.97 Å². The molecule has 3 heteroatoms. The zero-order chi connectivity index (χ0) is 6.85. The van der Waals surface area contributed by atoms with Crippen LogP contribution in [0.4, 0.5) is 0 Å². The predicted molar refractivity (Wildman–Crippen MR) is 32.6 cm³/mol. The summed E-state index contributed by atoms with van der Waals surface area (Å²) < 4.78 is 0. The van der Waals surface area contributed by atoms with Crippen molar-refractivity contribution in [2.75, 3.05) is 0 Å². The van der Waals surface area contributed by atoms with Gasteiger partial charge in [0.2, 0.25) is 0 Å². The summed E-state index contributed by atoms with van der Waals surface area (Å²) in [5.74, 6) is -0.583. The van der Waals surface area contributed by atoms with Crippen molar-refractivity contribution < 1.29 is 9.90 Å². The summed E-state index contributed by atoms with van der Waals surface area (Å²) in [5.41, 5.74) is 5.88.